The second kappa shape index (κ2) is 12.5. The first-order valence-corrected chi connectivity index (χ1v) is 8.05. The van der Waals surface area contributed by atoms with E-state index in [0.717, 1.165) is 12.2 Å². The predicted octanol–water partition coefficient (Wildman–Crippen LogP) is 2.82. The molecule has 0 saturated carbocycles. The molecule has 0 aromatic heterocycles. The Morgan fingerprint density at radius 3 is 2.29 bits per heavy atom. The van der Waals surface area contributed by atoms with Crippen LogP contribution in [-0.2, 0) is 16.1 Å². The summed E-state index contributed by atoms with van der Waals surface area (Å²) in [5.74, 6) is -0.220. The number of halogens is 2. The van der Waals surface area contributed by atoms with E-state index in [4.69, 9.17) is 10.5 Å². The van der Waals surface area contributed by atoms with Crippen LogP contribution in [0.3, 0.4) is 0 Å². The van der Waals surface area contributed by atoms with Crippen molar-refractivity contribution in [2.24, 2.45) is 5.73 Å². The number of nitrogens with zero attached hydrogens (tertiary/aromatic N) is 1. The fourth-order valence-electron chi connectivity index (χ4n) is 2.74. The van der Waals surface area contributed by atoms with Gasteiger partial charge < -0.3 is 15.8 Å². The lowest BCUT2D eigenvalue weighted by molar-refractivity contribution is -0.118. The van der Waals surface area contributed by atoms with Crippen LogP contribution in [0.15, 0.2) is 24.3 Å². The van der Waals surface area contributed by atoms with Crippen LogP contribution in [0.25, 0.3) is 0 Å². The number of nitrogens with two attached hydrogens (primary N) is 1. The van der Waals surface area contributed by atoms with Gasteiger partial charge in [-0.25, -0.2) is 0 Å². The maximum Gasteiger partial charge on any atom is 0.243 e. The maximum atomic E-state index is 11.8. The summed E-state index contributed by atoms with van der Waals surface area (Å²) in [4.78, 5) is 14.3. The largest absolute Gasteiger partial charge is 0.383 e. The molecule has 0 aliphatic carbocycles. The van der Waals surface area contributed by atoms with Crippen LogP contribution in [0.1, 0.15) is 31.2 Å². The fraction of sp³-hybridized carbons (Fsp3) is 0.588. The zero-order valence-electron chi connectivity index (χ0n) is 14.2. The quantitative estimate of drug-likeness (QED) is 0.799. The van der Waals surface area contributed by atoms with Crippen LogP contribution in [0.2, 0.25) is 0 Å². The minimum atomic E-state index is -0.637. The van der Waals surface area contributed by atoms with Gasteiger partial charge in [-0.15, -0.1) is 24.8 Å². The van der Waals surface area contributed by atoms with Crippen LogP contribution >= 0.6 is 24.8 Å². The van der Waals surface area contributed by atoms with E-state index in [-0.39, 0.29) is 37.3 Å². The van der Waals surface area contributed by atoms with E-state index < -0.39 is 6.04 Å². The van der Waals surface area contributed by atoms with Crippen molar-refractivity contribution in [3.8, 4) is 0 Å². The average Bonchev–Trinajstić information content (AvgIpc) is 2.78. The highest BCUT2D eigenvalue weighted by atomic mass is 35.5. The zero-order chi connectivity index (χ0) is 15.8. The first-order valence-electron chi connectivity index (χ1n) is 8.05. The predicted molar refractivity (Wildman–Crippen MR) is 103 cm³/mol. The third kappa shape index (κ3) is 7.81. The maximum absolute atomic E-state index is 11.8. The molecule has 1 heterocycles. The van der Waals surface area contributed by atoms with Crippen molar-refractivity contribution >= 4 is 36.4 Å². The molecule has 138 valence electrons. The van der Waals surface area contributed by atoms with Crippen LogP contribution < -0.4 is 11.1 Å². The molecule has 24 heavy (non-hydrogen) atoms. The van der Waals surface area contributed by atoms with Gasteiger partial charge in [0.1, 0.15) is 6.04 Å². The molecule has 5 nitrogen and oxygen atoms in total. The van der Waals surface area contributed by atoms with Gasteiger partial charge in [-0.1, -0.05) is 25.0 Å². The van der Waals surface area contributed by atoms with Crippen LogP contribution in [0.5, 0.6) is 0 Å². The second-order valence-corrected chi connectivity index (χ2v) is 5.94. The molecule has 1 aliphatic rings. The summed E-state index contributed by atoms with van der Waals surface area (Å²) in [5, 5.41) is 2.81. The van der Waals surface area contributed by atoms with Crippen LogP contribution in [-0.4, -0.2) is 43.7 Å². The highest BCUT2D eigenvalue weighted by Gasteiger charge is 2.13. The van der Waals surface area contributed by atoms with E-state index in [1.54, 1.807) is 0 Å². The monoisotopic (exact) mass is 377 g/mol. The Kier molecular flexibility index (Phi) is 12.1. The fourth-order valence-corrected chi connectivity index (χ4v) is 2.74. The molecule has 1 amide bonds. The summed E-state index contributed by atoms with van der Waals surface area (Å²) < 4.78 is 4.88. The SMILES string of the molecule is COCC(N)C(=O)Nc1ccc(CN2CCCCCC2)cc1.Cl.Cl. The molecular formula is C17H29Cl2N3O2. The molecule has 0 radical (unpaired) electrons. The zero-order valence-corrected chi connectivity index (χ0v) is 15.8. The molecule has 1 atom stereocenters. The van der Waals surface area contributed by atoms with Crippen molar-refractivity contribution in [1.29, 1.82) is 0 Å². The lowest BCUT2D eigenvalue weighted by Gasteiger charge is -2.20. The molecule has 0 spiro atoms. The van der Waals surface area contributed by atoms with E-state index in [1.165, 1.54) is 51.4 Å². The number of methoxy groups -OCH3 is 1. The van der Waals surface area contributed by atoms with E-state index in [1.807, 2.05) is 12.1 Å². The Balaban J connectivity index is 0.00000264. The lowest BCUT2D eigenvalue weighted by Crippen LogP contribution is -2.39. The first-order chi connectivity index (χ1) is 10.7. The molecule has 2 rings (SSSR count). The Bertz CT molecular complexity index is 463. The Hall–Kier alpha value is -0.850. The molecule has 1 fully saturated rings. The molecule has 1 aromatic rings. The number of hydrogen-bond acceptors (Lipinski definition) is 4. The highest BCUT2D eigenvalue weighted by Crippen LogP contribution is 2.15. The standard InChI is InChI=1S/C17H27N3O2.2ClH/c1-22-13-16(18)17(21)19-15-8-6-14(7-9-15)12-20-10-4-2-3-5-11-20;;/h6-9,16H,2-5,10-13,18H2,1H3,(H,19,21);2*1H. The van der Waals surface area contributed by atoms with Gasteiger partial charge >= 0.3 is 0 Å². The number of rotatable bonds is 6. The van der Waals surface area contributed by atoms with Crippen molar-refractivity contribution < 1.29 is 9.53 Å². The summed E-state index contributed by atoms with van der Waals surface area (Å²) in [5.41, 5.74) is 7.75. The van der Waals surface area contributed by atoms with E-state index >= 15 is 0 Å². The first kappa shape index (κ1) is 23.1. The van der Waals surface area contributed by atoms with Crippen molar-refractivity contribution in [1.82, 2.24) is 4.90 Å². The number of hydrogen-bond donors (Lipinski definition) is 2. The molecule has 7 heteroatoms. The van der Waals surface area contributed by atoms with Crippen molar-refractivity contribution in [3.63, 3.8) is 0 Å². The van der Waals surface area contributed by atoms with Crippen LogP contribution in [0, 0.1) is 0 Å². The van der Waals surface area contributed by atoms with Gasteiger partial charge in [0.25, 0.3) is 0 Å². The summed E-state index contributed by atoms with van der Waals surface area (Å²) in [6.45, 7) is 3.57. The van der Waals surface area contributed by atoms with Crippen molar-refractivity contribution in [3.05, 3.63) is 29.8 Å². The number of benzene rings is 1. The molecule has 3 N–H and O–H groups in total. The summed E-state index contributed by atoms with van der Waals surface area (Å²) in [6.07, 6.45) is 5.30. The van der Waals surface area contributed by atoms with Gasteiger partial charge in [-0.2, -0.15) is 0 Å². The Labute approximate surface area is 157 Å². The topological polar surface area (TPSA) is 67.6 Å². The van der Waals surface area contributed by atoms with Gasteiger partial charge in [0, 0.05) is 19.3 Å². The number of carbonyl (C=O) groups is 1. The lowest BCUT2D eigenvalue weighted by atomic mass is 10.2. The Morgan fingerprint density at radius 2 is 1.75 bits per heavy atom. The highest BCUT2D eigenvalue weighted by molar-refractivity contribution is 5.94. The van der Waals surface area contributed by atoms with Gasteiger partial charge in [-0.3, -0.25) is 9.69 Å². The van der Waals surface area contributed by atoms with Gasteiger partial charge in [0.05, 0.1) is 6.61 Å². The van der Waals surface area contributed by atoms with E-state index in [0.29, 0.717) is 0 Å². The van der Waals surface area contributed by atoms with Crippen LogP contribution in [0.4, 0.5) is 5.69 Å². The normalized spacial score (nSPS) is 16.2. The molecule has 1 aliphatic heterocycles. The third-order valence-corrected chi connectivity index (χ3v) is 4.01. The second-order valence-electron chi connectivity index (χ2n) is 5.94. The minimum absolute atomic E-state index is 0. The molecular weight excluding hydrogens is 349 g/mol. The van der Waals surface area contributed by atoms with E-state index in [2.05, 4.69) is 22.3 Å². The number of carbonyl (C=O) groups excluding carboxylic acids is 1. The molecule has 1 saturated heterocycles. The number of nitrogens with one attached hydrogen (secondary N) is 1. The number of amides is 1. The third-order valence-electron chi connectivity index (χ3n) is 4.01. The number of ether oxygens (including phenoxy) is 1. The summed E-state index contributed by atoms with van der Waals surface area (Å²) in [7, 11) is 1.53. The average molecular weight is 378 g/mol. The molecule has 1 aromatic carbocycles. The molecule has 1 unspecified atom stereocenters. The Morgan fingerprint density at radius 1 is 1.17 bits per heavy atom. The summed E-state index contributed by atoms with van der Waals surface area (Å²) in [6, 6.07) is 7.38. The van der Waals surface area contributed by atoms with Gasteiger partial charge in [0.2, 0.25) is 5.91 Å². The smallest absolute Gasteiger partial charge is 0.243 e. The minimum Gasteiger partial charge on any atom is -0.383 e. The van der Waals surface area contributed by atoms with E-state index in [9.17, 15) is 4.79 Å². The molecule has 0 bridgehead atoms. The summed E-state index contributed by atoms with van der Waals surface area (Å²) >= 11 is 0. The van der Waals surface area contributed by atoms with Gasteiger partial charge in [-0.05, 0) is 43.6 Å². The number of likely N-dealkylation sites (tertiary alicyclic amines) is 1. The van der Waals surface area contributed by atoms with Gasteiger partial charge in [0.15, 0.2) is 0 Å². The van der Waals surface area contributed by atoms with Crippen molar-refractivity contribution in [2.75, 3.05) is 32.1 Å². The van der Waals surface area contributed by atoms with Crippen molar-refractivity contribution in [2.45, 2.75) is 38.3 Å². The number of anilines is 1.